The van der Waals surface area contributed by atoms with Crippen molar-refractivity contribution < 1.29 is 13.2 Å². The molecule has 1 N–H and O–H groups in total. The van der Waals surface area contributed by atoms with Crippen molar-refractivity contribution in [2.24, 2.45) is 5.92 Å². The molecule has 1 unspecified atom stereocenters. The molecule has 0 saturated carbocycles. The lowest BCUT2D eigenvalue weighted by Gasteiger charge is -2.30. The predicted molar refractivity (Wildman–Crippen MR) is 103 cm³/mol. The Labute approximate surface area is 162 Å². The summed E-state index contributed by atoms with van der Waals surface area (Å²) in [7, 11) is -3.74. The molecular formula is C17H20ClN3O3S2. The molecule has 2 heterocycles. The fraction of sp³-hybridized carbons (Fsp3) is 0.412. The number of aromatic nitrogens is 1. The average Bonchev–Trinajstić information content (AvgIpc) is 3.00. The summed E-state index contributed by atoms with van der Waals surface area (Å²) in [5.74, 6) is -0.114. The van der Waals surface area contributed by atoms with Gasteiger partial charge >= 0.3 is 0 Å². The molecule has 0 spiro atoms. The van der Waals surface area contributed by atoms with Crippen molar-refractivity contribution in [3.8, 4) is 0 Å². The number of rotatable bonds is 4. The second-order valence-electron chi connectivity index (χ2n) is 6.50. The number of aryl methyl sites for hydroxylation is 1. The van der Waals surface area contributed by atoms with Gasteiger partial charge in [-0.15, -0.1) is 11.3 Å². The van der Waals surface area contributed by atoms with E-state index in [1.165, 1.54) is 33.8 Å². The molecule has 1 fully saturated rings. The van der Waals surface area contributed by atoms with E-state index in [1.807, 2.05) is 19.2 Å². The van der Waals surface area contributed by atoms with Gasteiger partial charge in [0.1, 0.15) is 4.90 Å². The standard InChI is InChI=1S/C17H20ClN3O3S2/c1-11-4-3-7-21(9-11)26(23,24)15-8-13(5-6-14(15)18)16(22)20-17-19-12(2)10-25-17/h5-6,8,10-11H,3-4,7,9H2,1-2H3,(H,19,20,22). The summed E-state index contributed by atoms with van der Waals surface area (Å²) >= 11 is 7.47. The second-order valence-corrected chi connectivity index (χ2v) is 9.68. The molecule has 6 nitrogen and oxygen atoms in total. The van der Waals surface area contributed by atoms with Crippen molar-refractivity contribution in [3.05, 3.63) is 39.9 Å². The smallest absolute Gasteiger partial charge is 0.257 e. The molecule has 1 aliphatic rings. The van der Waals surface area contributed by atoms with Crippen molar-refractivity contribution in [2.45, 2.75) is 31.6 Å². The zero-order valence-electron chi connectivity index (χ0n) is 14.5. The maximum Gasteiger partial charge on any atom is 0.257 e. The Morgan fingerprint density at radius 2 is 2.19 bits per heavy atom. The lowest BCUT2D eigenvalue weighted by molar-refractivity contribution is 0.102. The number of thiazole rings is 1. The number of piperidine rings is 1. The highest BCUT2D eigenvalue weighted by Gasteiger charge is 2.31. The fourth-order valence-electron chi connectivity index (χ4n) is 2.93. The largest absolute Gasteiger partial charge is 0.298 e. The Morgan fingerprint density at radius 1 is 1.42 bits per heavy atom. The molecule has 140 valence electrons. The van der Waals surface area contributed by atoms with Gasteiger partial charge in [0.2, 0.25) is 10.0 Å². The van der Waals surface area contributed by atoms with Crippen LogP contribution >= 0.6 is 22.9 Å². The molecule has 1 saturated heterocycles. The van der Waals surface area contributed by atoms with E-state index in [0.717, 1.165) is 18.5 Å². The van der Waals surface area contributed by atoms with E-state index in [1.54, 1.807) is 0 Å². The summed E-state index contributed by atoms with van der Waals surface area (Å²) in [6.07, 6.45) is 1.83. The van der Waals surface area contributed by atoms with Gasteiger partial charge in [-0.25, -0.2) is 13.4 Å². The molecule has 26 heavy (non-hydrogen) atoms. The Hall–Kier alpha value is -1.48. The van der Waals surface area contributed by atoms with Crippen molar-refractivity contribution in [1.82, 2.24) is 9.29 Å². The third-order valence-corrected chi connectivity index (χ3v) is 7.49. The highest BCUT2D eigenvalue weighted by atomic mass is 35.5. The number of carbonyl (C=O) groups is 1. The first-order valence-electron chi connectivity index (χ1n) is 8.30. The van der Waals surface area contributed by atoms with Crippen LogP contribution in [0.3, 0.4) is 0 Å². The van der Waals surface area contributed by atoms with Crippen LogP contribution in [0.5, 0.6) is 0 Å². The number of hydrogen-bond donors (Lipinski definition) is 1. The first-order valence-corrected chi connectivity index (χ1v) is 11.0. The number of sulfonamides is 1. The summed E-state index contributed by atoms with van der Waals surface area (Å²) in [4.78, 5) is 16.6. The maximum absolute atomic E-state index is 13.0. The maximum atomic E-state index is 13.0. The highest BCUT2D eigenvalue weighted by molar-refractivity contribution is 7.89. The molecule has 0 radical (unpaired) electrons. The number of nitrogens with one attached hydrogen (secondary N) is 1. The molecular weight excluding hydrogens is 394 g/mol. The second kappa shape index (κ2) is 7.64. The molecule has 0 aliphatic carbocycles. The Morgan fingerprint density at radius 3 is 2.85 bits per heavy atom. The van der Waals surface area contributed by atoms with Gasteiger partial charge in [0.15, 0.2) is 5.13 Å². The van der Waals surface area contributed by atoms with E-state index >= 15 is 0 Å². The van der Waals surface area contributed by atoms with Gasteiger partial charge in [0.05, 0.1) is 10.7 Å². The van der Waals surface area contributed by atoms with E-state index in [4.69, 9.17) is 11.6 Å². The summed E-state index contributed by atoms with van der Waals surface area (Å²) in [6.45, 7) is 4.80. The third kappa shape index (κ3) is 4.09. The van der Waals surface area contributed by atoms with E-state index in [-0.39, 0.29) is 15.5 Å². The van der Waals surface area contributed by atoms with Gasteiger partial charge in [0, 0.05) is 24.0 Å². The number of carbonyl (C=O) groups excluding carboxylic acids is 1. The minimum atomic E-state index is -3.74. The molecule has 3 rings (SSSR count). The number of nitrogens with zero attached hydrogens (tertiary/aromatic N) is 2. The zero-order valence-corrected chi connectivity index (χ0v) is 16.9. The van der Waals surface area contributed by atoms with Gasteiger partial charge in [-0.1, -0.05) is 18.5 Å². The van der Waals surface area contributed by atoms with E-state index in [9.17, 15) is 13.2 Å². The Bertz CT molecular complexity index is 927. The summed E-state index contributed by atoms with van der Waals surface area (Å²) in [5.41, 5.74) is 1.04. The van der Waals surface area contributed by atoms with Crippen LogP contribution in [-0.2, 0) is 10.0 Å². The number of benzene rings is 1. The van der Waals surface area contributed by atoms with Crippen LogP contribution in [0.15, 0.2) is 28.5 Å². The van der Waals surface area contributed by atoms with Gasteiger partial charge < -0.3 is 0 Å². The summed E-state index contributed by atoms with van der Waals surface area (Å²) < 4.78 is 27.4. The van der Waals surface area contributed by atoms with Crippen molar-refractivity contribution in [2.75, 3.05) is 18.4 Å². The van der Waals surface area contributed by atoms with Gasteiger partial charge in [0.25, 0.3) is 5.91 Å². The number of amides is 1. The van der Waals surface area contributed by atoms with Crippen LogP contribution in [-0.4, -0.2) is 36.7 Å². The normalized spacial score (nSPS) is 18.7. The molecule has 1 atom stereocenters. The topological polar surface area (TPSA) is 79.4 Å². The summed E-state index contributed by atoms with van der Waals surface area (Å²) in [6, 6.07) is 4.30. The van der Waals surface area contributed by atoms with Gasteiger partial charge in [-0.2, -0.15) is 4.31 Å². The third-order valence-electron chi connectivity index (χ3n) is 4.27. The first kappa shape index (κ1) is 19.3. The quantitative estimate of drug-likeness (QED) is 0.827. The molecule has 2 aromatic rings. The van der Waals surface area contributed by atoms with Gasteiger partial charge in [-0.3, -0.25) is 10.1 Å². The average molecular weight is 414 g/mol. The Kier molecular flexibility index (Phi) is 5.67. The summed E-state index contributed by atoms with van der Waals surface area (Å²) in [5, 5.41) is 5.09. The molecule has 1 aliphatic heterocycles. The monoisotopic (exact) mass is 413 g/mol. The lowest BCUT2D eigenvalue weighted by Crippen LogP contribution is -2.39. The highest BCUT2D eigenvalue weighted by Crippen LogP contribution is 2.29. The van der Waals surface area contributed by atoms with Crippen LogP contribution in [0, 0.1) is 12.8 Å². The number of halogens is 1. The molecule has 1 amide bonds. The minimum absolute atomic E-state index is 0.0313. The van der Waals surface area contributed by atoms with Crippen molar-refractivity contribution in [1.29, 1.82) is 0 Å². The van der Waals surface area contributed by atoms with Crippen LogP contribution < -0.4 is 5.32 Å². The minimum Gasteiger partial charge on any atom is -0.298 e. The molecule has 0 bridgehead atoms. The van der Waals surface area contributed by atoms with Gasteiger partial charge in [-0.05, 0) is 43.9 Å². The van der Waals surface area contributed by atoms with E-state index in [0.29, 0.717) is 24.1 Å². The van der Waals surface area contributed by atoms with Crippen LogP contribution in [0.25, 0.3) is 0 Å². The predicted octanol–water partition coefficient (Wildman–Crippen LogP) is 3.78. The zero-order chi connectivity index (χ0) is 18.9. The Balaban J connectivity index is 1.88. The lowest BCUT2D eigenvalue weighted by atomic mass is 10.0. The van der Waals surface area contributed by atoms with Crippen molar-refractivity contribution in [3.63, 3.8) is 0 Å². The fourth-order valence-corrected chi connectivity index (χ4v) is 5.71. The van der Waals surface area contributed by atoms with E-state index < -0.39 is 15.9 Å². The molecule has 1 aromatic carbocycles. The van der Waals surface area contributed by atoms with E-state index in [2.05, 4.69) is 10.3 Å². The van der Waals surface area contributed by atoms with Crippen LogP contribution in [0.1, 0.15) is 35.8 Å². The van der Waals surface area contributed by atoms with Crippen LogP contribution in [0.4, 0.5) is 5.13 Å². The molecule has 9 heteroatoms. The SMILES string of the molecule is Cc1csc(NC(=O)c2ccc(Cl)c(S(=O)(=O)N3CCCC(C)C3)c2)n1. The first-order chi connectivity index (χ1) is 12.3. The van der Waals surface area contributed by atoms with Crippen molar-refractivity contribution >= 4 is 44.0 Å². The van der Waals surface area contributed by atoms with Crippen LogP contribution in [0.2, 0.25) is 5.02 Å². The molecule has 1 aromatic heterocycles. The number of anilines is 1. The number of hydrogen-bond acceptors (Lipinski definition) is 5.